The molecule has 188 valence electrons. The van der Waals surface area contributed by atoms with E-state index in [1.54, 1.807) is 0 Å². The predicted molar refractivity (Wildman–Crippen MR) is 127 cm³/mol. The Hall–Kier alpha value is -3.17. The van der Waals surface area contributed by atoms with E-state index in [1.165, 1.54) is 0 Å². The Bertz CT molecular complexity index is 1200. The molecule has 0 aliphatic heterocycles. The normalized spacial score (nSPS) is 26.1. The molecule has 1 aromatic carbocycles. The Morgan fingerprint density at radius 1 is 1.20 bits per heavy atom. The summed E-state index contributed by atoms with van der Waals surface area (Å²) in [6, 6.07) is 1.89. The molecule has 1 amide bonds. The van der Waals surface area contributed by atoms with Crippen molar-refractivity contribution < 1.29 is 34.8 Å². The third-order valence-corrected chi connectivity index (χ3v) is 7.48. The quantitative estimate of drug-likeness (QED) is 0.332. The van der Waals surface area contributed by atoms with Gasteiger partial charge < -0.3 is 31.5 Å². The first-order valence-corrected chi connectivity index (χ1v) is 12.0. The van der Waals surface area contributed by atoms with Crippen LogP contribution < -0.4 is 11.1 Å². The van der Waals surface area contributed by atoms with Crippen molar-refractivity contribution in [3.8, 4) is 5.75 Å². The lowest BCUT2D eigenvalue weighted by molar-refractivity contribution is -0.144. The number of amides is 1. The summed E-state index contributed by atoms with van der Waals surface area (Å²) < 4.78 is 0. The van der Waals surface area contributed by atoms with Gasteiger partial charge in [-0.1, -0.05) is 26.8 Å². The molecule has 0 saturated carbocycles. The summed E-state index contributed by atoms with van der Waals surface area (Å²) in [5.41, 5.74) is 4.00. The Balaban J connectivity index is 1.83. The second-order valence-electron chi connectivity index (χ2n) is 10.2. The van der Waals surface area contributed by atoms with Crippen molar-refractivity contribution >= 4 is 17.5 Å². The zero-order valence-corrected chi connectivity index (χ0v) is 20.1. The smallest absolute Gasteiger partial charge is 0.255 e. The third kappa shape index (κ3) is 3.73. The van der Waals surface area contributed by atoms with Gasteiger partial charge in [-0.15, -0.1) is 0 Å². The summed E-state index contributed by atoms with van der Waals surface area (Å²) in [4.78, 5) is 38.5. The van der Waals surface area contributed by atoms with E-state index in [-0.39, 0.29) is 29.7 Å². The number of allylic oxidation sites excluding steroid dienone is 2. The number of aliphatic hydroxyl groups excluding tert-OH is 2. The van der Waals surface area contributed by atoms with Gasteiger partial charge in [-0.05, 0) is 48.8 Å². The Morgan fingerprint density at radius 2 is 1.89 bits per heavy atom. The number of rotatable bonds is 6. The fourth-order valence-electron chi connectivity index (χ4n) is 5.77. The molecule has 0 radical (unpaired) electrons. The average molecular weight is 485 g/mol. The van der Waals surface area contributed by atoms with Crippen LogP contribution in [0.3, 0.4) is 0 Å². The summed E-state index contributed by atoms with van der Waals surface area (Å²) >= 11 is 0. The molecule has 1 unspecified atom stereocenters. The van der Waals surface area contributed by atoms with E-state index in [0.29, 0.717) is 36.4 Å². The molecule has 7 N–H and O–H groups in total. The van der Waals surface area contributed by atoms with E-state index in [4.69, 9.17) is 5.73 Å². The average Bonchev–Trinajstić information content (AvgIpc) is 2.77. The number of Topliss-reactive ketones (excluding diaryl/α,β-unsaturated/α-hetero) is 2. The molecule has 0 fully saturated rings. The van der Waals surface area contributed by atoms with Crippen LogP contribution in [0.1, 0.15) is 60.7 Å². The van der Waals surface area contributed by atoms with E-state index in [1.807, 2.05) is 13.0 Å². The standard InChI is InChI=1S/C26H32N2O7/c1-4-12-5-14(10-28-9-11(2)3)21(30)19-16(12)7-13-6-15-8-17(29)20(25(27)34)24(33)26(15,35)23(32)18(13)22(19)31/h5,11,13,15,28-30,32,35H,4,6-10H2,1-3H3,(H2,27,34)/t13?,15-,26-/m0/s1. The number of aromatic hydroxyl groups is 1. The molecule has 35 heavy (non-hydrogen) atoms. The number of carbonyl (C=O) groups excluding carboxylic acids is 3. The molecule has 9 heteroatoms. The van der Waals surface area contributed by atoms with E-state index in [0.717, 1.165) is 12.1 Å². The van der Waals surface area contributed by atoms with Gasteiger partial charge in [-0.25, -0.2) is 0 Å². The molecule has 1 aromatic rings. The van der Waals surface area contributed by atoms with Gasteiger partial charge in [0.2, 0.25) is 5.78 Å². The van der Waals surface area contributed by atoms with Crippen LogP contribution in [0, 0.1) is 17.8 Å². The number of nitrogens with one attached hydrogen (secondary N) is 1. The molecule has 9 nitrogen and oxygen atoms in total. The van der Waals surface area contributed by atoms with Crippen LogP contribution in [0.2, 0.25) is 0 Å². The summed E-state index contributed by atoms with van der Waals surface area (Å²) in [5.74, 6) is -5.68. The van der Waals surface area contributed by atoms with Crippen LogP contribution in [0.5, 0.6) is 5.75 Å². The van der Waals surface area contributed by atoms with Crippen molar-refractivity contribution in [2.24, 2.45) is 23.5 Å². The van der Waals surface area contributed by atoms with Crippen LogP contribution in [0.25, 0.3) is 0 Å². The van der Waals surface area contributed by atoms with Gasteiger partial charge in [-0.3, -0.25) is 14.4 Å². The maximum Gasteiger partial charge on any atom is 0.255 e. The predicted octanol–water partition coefficient (Wildman–Crippen LogP) is 1.89. The van der Waals surface area contributed by atoms with Crippen LogP contribution in [0.4, 0.5) is 0 Å². The second kappa shape index (κ2) is 8.80. The molecule has 0 saturated heterocycles. The van der Waals surface area contributed by atoms with E-state index in [9.17, 15) is 34.8 Å². The zero-order valence-electron chi connectivity index (χ0n) is 20.1. The molecule has 0 spiro atoms. The van der Waals surface area contributed by atoms with Crippen molar-refractivity contribution in [2.45, 2.75) is 58.6 Å². The molecule has 3 aliphatic rings. The first-order chi connectivity index (χ1) is 16.4. The Labute approximate surface area is 203 Å². The number of hydrogen-bond donors (Lipinski definition) is 6. The van der Waals surface area contributed by atoms with Crippen molar-refractivity contribution in [3.63, 3.8) is 0 Å². The Kier molecular flexibility index (Phi) is 6.27. The molecule has 0 bridgehead atoms. The molecule has 4 rings (SSSR count). The van der Waals surface area contributed by atoms with Crippen LogP contribution in [-0.4, -0.2) is 50.0 Å². The van der Waals surface area contributed by atoms with Gasteiger partial charge in [0.15, 0.2) is 11.4 Å². The van der Waals surface area contributed by atoms with Gasteiger partial charge in [0, 0.05) is 30.0 Å². The number of benzene rings is 1. The fraction of sp³-hybridized carbons (Fsp3) is 0.500. The van der Waals surface area contributed by atoms with E-state index < -0.39 is 52.0 Å². The number of fused-ring (bicyclic) bond motifs is 3. The molecule has 3 aliphatic carbocycles. The topological polar surface area (TPSA) is 170 Å². The number of hydrogen-bond acceptors (Lipinski definition) is 8. The minimum absolute atomic E-state index is 0.0716. The van der Waals surface area contributed by atoms with Crippen molar-refractivity contribution in [1.82, 2.24) is 5.32 Å². The van der Waals surface area contributed by atoms with Crippen LogP contribution in [-0.2, 0) is 29.0 Å². The number of aryl methyl sites for hydroxylation is 1. The zero-order chi connectivity index (χ0) is 25.8. The number of primary amides is 1. The summed E-state index contributed by atoms with van der Waals surface area (Å²) in [5, 5.41) is 47.0. The van der Waals surface area contributed by atoms with Crippen molar-refractivity contribution in [1.29, 1.82) is 0 Å². The summed E-state index contributed by atoms with van der Waals surface area (Å²) in [6.07, 6.45) is 0.846. The maximum atomic E-state index is 13.7. The lowest BCUT2D eigenvalue weighted by Crippen LogP contribution is -2.57. The number of ketones is 2. The molecule has 0 aromatic heterocycles. The van der Waals surface area contributed by atoms with Gasteiger partial charge in [0.1, 0.15) is 22.8 Å². The summed E-state index contributed by atoms with van der Waals surface area (Å²) in [7, 11) is 0. The van der Waals surface area contributed by atoms with Crippen LogP contribution >= 0.6 is 0 Å². The van der Waals surface area contributed by atoms with Crippen molar-refractivity contribution in [2.75, 3.05) is 6.54 Å². The lowest BCUT2D eigenvalue weighted by atomic mass is 9.60. The van der Waals surface area contributed by atoms with Gasteiger partial charge in [-0.2, -0.15) is 0 Å². The Morgan fingerprint density at radius 3 is 2.49 bits per heavy atom. The number of aliphatic hydroxyl groups is 3. The number of nitrogens with two attached hydrogens (primary N) is 1. The molecular weight excluding hydrogens is 452 g/mol. The summed E-state index contributed by atoms with van der Waals surface area (Å²) in [6.45, 7) is 7.14. The second-order valence-corrected chi connectivity index (χ2v) is 10.2. The van der Waals surface area contributed by atoms with Crippen LogP contribution in [0.15, 0.2) is 28.7 Å². The largest absolute Gasteiger partial charge is 0.511 e. The lowest BCUT2D eigenvalue weighted by Gasteiger charge is -2.45. The highest BCUT2D eigenvalue weighted by molar-refractivity contribution is 6.24. The van der Waals surface area contributed by atoms with Gasteiger partial charge in [0.25, 0.3) is 5.91 Å². The van der Waals surface area contributed by atoms with E-state index >= 15 is 0 Å². The van der Waals surface area contributed by atoms with Gasteiger partial charge in [0.05, 0.1) is 5.56 Å². The molecule has 0 heterocycles. The first-order valence-electron chi connectivity index (χ1n) is 12.0. The van der Waals surface area contributed by atoms with Gasteiger partial charge >= 0.3 is 0 Å². The van der Waals surface area contributed by atoms with Crippen molar-refractivity contribution in [3.05, 3.63) is 51.0 Å². The number of carbonyl (C=O) groups is 3. The SMILES string of the molecule is CCc1cc(CNCC(C)C)c(O)c2c1CC1C[C@H]3CC(O)=C(C(N)=O)C(=O)[C@@]3(O)C(O)=C1C2=O. The number of phenolic OH excluding ortho intramolecular Hbond substituents is 1. The highest BCUT2D eigenvalue weighted by Crippen LogP contribution is 2.52. The third-order valence-electron chi connectivity index (χ3n) is 7.48. The minimum Gasteiger partial charge on any atom is -0.511 e. The molecular formula is C26H32N2O7. The van der Waals surface area contributed by atoms with E-state index in [2.05, 4.69) is 19.2 Å². The minimum atomic E-state index is -2.55. The monoisotopic (exact) mass is 484 g/mol. The molecule has 3 atom stereocenters. The number of phenols is 1. The highest BCUT2D eigenvalue weighted by atomic mass is 16.3. The fourth-order valence-corrected chi connectivity index (χ4v) is 5.77. The maximum absolute atomic E-state index is 13.7. The first kappa shape index (κ1) is 24.9. The highest BCUT2D eigenvalue weighted by Gasteiger charge is 2.59.